The lowest BCUT2D eigenvalue weighted by atomic mass is 10.3. The van der Waals surface area contributed by atoms with Gasteiger partial charge in [-0.15, -0.1) is 11.3 Å². The monoisotopic (exact) mass is 357 g/mol. The lowest BCUT2D eigenvalue weighted by Gasteiger charge is -2.05. The molecule has 0 spiro atoms. The van der Waals surface area contributed by atoms with Crippen LogP contribution in [-0.4, -0.2) is 26.7 Å². The van der Waals surface area contributed by atoms with Gasteiger partial charge in [-0.25, -0.2) is 0 Å². The van der Waals surface area contributed by atoms with E-state index in [1.807, 2.05) is 0 Å². The number of anilines is 1. The number of halogens is 2. The van der Waals surface area contributed by atoms with Crippen molar-refractivity contribution in [3.8, 4) is 0 Å². The molecule has 0 unspecified atom stereocenters. The van der Waals surface area contributed by atoms with Crippen LogP contribution in [0.25, 0.3) is 11.0 Å². The molecule has 5 nitrogen and oxygen atoms in total. The Bertz CT molecular complexity index is 710. The second-order valence-corrected chi connectivity index (χ2v) is 6.74. The molecule has 3 heterocycles. The highest BCUT2D eigenvalue weighted by Gasteiger charge is 2.08. The molecule has 0 amide bonds. The number of hydrogen-bond acceptors (Lipinski definition) is 5. The van der Waals surface area contributed by atoms with Gasteiger partial charge in [0, 0.05) is 11.4 Å². The Morgan fingerprint density at radius 2 is 2.26 bits per heavy atom. The van der Waals surface area contributed by atoms with Crippen LogP contribution in [0, 0.1) is 0 Å². The SMILES string of the molecule is Clc1nc(NCCc2ccc(Br)s2)c2cn[nH]c2n1. The number of hydrogen-bond donors (Lipinski definition) is 2. The first-order chi connectivity index (χ1) is 9.22. The van der Waals surface area contributed by atoms with Crippen molar-refractivity contribution >= 4 is 55.7 Å². The molecule has 0 bridgehead atoms. The normalized spacial score (nSPS) is 11.1. The zero-order valence-corrected chi connectivity index (χ0v) is 12.8. The van der Waals surface area contributed by atoms with Crippen LogP contribution >= 0.6 is 38.9 Å². The molecule has 3 aromatic heterocycles. The van der Waals surface area contributed by atoms with Gasteiger partial charge in [0.1, 0.15) is 5.82 Å². The van der Waals surface area contributed by atoms with E-state index in [0.717, 1.165) is 22.1 Å². The number of aromatic nitrogens is 4. The van der Waals surface area contributed by atoms with Gasteiger partial charge >= 0.3 is 0 Å². The quantitative estimate of drug-likeness (QED) is 0.701. The molecule has 0 atom stereocenters. The summed E-state index contributed by atoms with van der Waals surface area (Å²) in [7, 11) is 0. The standard InChI is InChI=1S/C11H9BrClN5S/c12-8-2-1-6(19-8)3-4-14-9-7-5-15-18-10(7)17-11(13)16-9/h1-2,5H,3-4H2,(H2,14,15,16,17,18). The molecular formula is C11H9BrClN5S. The number of rotatable bonds is 4. The van der Waals surface area contributed by atoms with Gasteiger partial charge in [-0.3, -0.25) is 5.10 Å². The maximum absolute atomic E-state index is 5.87. The average molecular weight is 359 g/mol. The lowest BCUT2D eigenvalue weighted by molar-refractivity contribution is 1.03. The Hall–Kier alpha value is -1.18. The number of fused-ring (bicyclic) bond motifs is 1. The third-order valence-electron chi connectivity index (χ3n) is 2.58. The summed E-state index contributed by atoms with van der Waals surface area (Å²) in [6, 6.07) is 4.16. The Balaban J connectivity index is 1.73. The molecule has 0 radical (unpaired) electrons. The first-order valence-corrected chi connectivity index (χ1v) is 7.56. The maximum atomic E-state index is 5.87. The van der Waals surface area contributed by atoms with E-state index >= 15 is 0 Å². The molecule has 8 heteroatoms. The Kier molecular flexibility index (Phi) is 3.67. The third kappa shape index (κ3) is 2.88. The van der Waals surface area contributed by atoms with Crippen LogP contribution in [0.3, 0.4) is 0 Å². The fourth-order valence-electron chi connectivity index (χ4n) is 1.73. The van der Waals surface area contributed by atoms with Gasteiger partial charge in [0.25, 0.3) is 0 Å². The Morgan fingerprint density at radius 1 is 1.37 bits per heavy atom. The molecule has 3 rings (SSSR count). The van der Waals surface area contributed by atoms with Gasteiger partial charge < -0.3 is 5.32 Å². The summed E-state index contributed by atoms with van der Waals surface area (Å²) in [6.07, 6.45) is 2.62. The van der Waals surface area contributed by atoms with Crippen LogP contribution in [0.4, 0.5) is 5.82 Å². The predicted molar refractivity (Wildman–Crippen MR) is 80.9 cm³/mol. The molecule has 0 aromatic carbocycles. The van der Waals surface area contributed by atoms with Crippen molar-refractivity contribution < 1.29 is 0 Å². The molecule has 0 saturated carbocycles. The lowest BCUT2D eigenvalue weighted by Crippen LogP contribution is -2.06. The molecule has 0 fully saturated rings. The zero-order chi connectivity index (χ0) is 13.2. The summed E-state index contributed by atoms with van der Waals surface area (Å²) < 4.78 is 1.14. The van der Waals surface area contributed by atoms with Gasteiger partial charge in [-0.1, -0.05) is 0 Å². The largest absolute Gasteiger partial charge is 0.369 e. The van der Waals surface area contributed by atoms with Crippen molar-refractivity contribution in [1.82, 2.24) is 20.2 Å². The molecule has 19 heavy (non-hydrogen) atoms. The van der Waals surface area contributed by atoms with Crippen LogP contribution in [0.2, 0.25) is 5.28 Å². The van der Waals surface area contributed by atoms with Gasteiger partial charge in [-0.2, -0.15) is 15.1 Å². The number of nitrogens with one attached hydrogen (secondary N) is 2. The fraction of sp³-hybridized carbons (Fsp3) is 0.182. The molecule has 2 N–H and O–H groups in total. The zero-order valence-electron chi connectivity index (χ0n) is 9.65. The van der Waals surface area contributed by atoms with E-state index in [9.17, 15) is 0 Å². The van der Waals surface area contributed by atoms with Crippen LogP contribution in [-0.2, 0) is 6.42 Å². The van der Waals surface area contributed by atoms with Crippen LogP contribution in [0.1, 0.15) is 4.88 Å². The summed E-state index contributed by atoms with van der Waals surface area (Å²) in [4.78, 5) is 9.55. The van der Waals surface area contributed by atoms with E-state index < -0.39 is 0 Å². The van der Waals surface area contributed by atoms with E-state index in [0.29, 0.717) is 11.5 Å². The van der Waals surface area contributed by atoms with Crippen molar-refractivity contribution in [3.63, 3.8) is 0 Å². The molecule has 3 aromatic rings. The maximum Gasteiger partial charge on any atom is 0.226 e. The number of thiophene rings is 1. The highest BCUT2D eigenvalue weighted by molar-refractivity contribution is 9.11. The first-order valence-electron chi connectivity index (χ1n) is 5.57. The second kappa shape index (κ2) is 5.44. The van der Waals surface area contributed by atoms with E-state index in [1.54, 1.807) is 17.5 Å². The summed E-state index contributed by atoms with van der Waals surface area (Å²) in [5.41, 5.74) is 0.640. The van der Waals surface area contributed by atoms with Crippen molar-refractivity contribution in [2.24, 2.45) is 0 Å². The number of nitrogens with zero attached hydrogens (tertiary/aromatic N) is 3. The number of H-pyrrole nitrogens is 1. The van der Waals surface area contributed by atoms with Crippen LogP contribution in [0.5, 0.6) is 0 Å². The molecular weight excluding hydrogens is 350 g/mol. The predicted octanol–water partition coefficient (Wildman–Crippen LogP) is 3.48. The topological polar surface area (TPSA) is 66.5 Å². The third-order valence-corrected chi connectivity index (χ3v) is 4.43. The van der Waals surface area contributed by atoms with Crippen LogP contribution < -0.4 is 5.32 Å². The van der Waals surface area contributed by atoms with E-state index in [1.165, 1.54) is 4.88 Å². The Labute approximate surface area is 126 Å². The smallest absolute Gasteiger partial charge is 0.226 e. The van der Waals surface area contributed by atoms with Gasteiger partial charge in [-0.05, 0) is 46.1 Å². The van der Waals surface area contributed by atoms with Gasteiger partial charge in [0.2, 0.25) is 5.28 Å². The minimum absolute atomic E-state index is 0.207. The minimum atomic E-state index is 0.207. The molecule has 0 aliphatic heterocycles. The molecule has 0 aliphatic rings. The van der Waals surface area contributed by atoms with Gasteiger partial charge in [0.15, 0.2) is 5.65 Å². The first kappa shape index (κ1) is 12.8. The molecule has 0 saturated heterocycles. The van der Waals surface area contributed by atoms with E-state index in [4.69, 9.17) is 11.6 Å². The van der Waals surface area contributed by atoms with E-state index in [2.05, 4.69) is 53.5 Å². The summed E-state index contributed by atoms with van der Waals surface area (Å²) in [5, 5.41) is 11.0. The molecule has 0 aliphatic carbocycles. The van der Waals surface area contributed by atoms with Crippen molar-refractivity contribution in [2.45, 2.75) is 6.42 Å². The number of aromatic amines is 1. The molecule has 98 valence electrons. The summed E-state index contributed by atoms with van der Waals surface area (Å²) >= 11 is 11.1. The van der Waals surface area contributed by atoms with Crippen molar-refractivity contribution in [2.75, 3.05) is 11.9 Å². The minimum Gasteiger partial charge on any atom is -0.369 e. The summed E-state index contributed by atoms with van der Waals surface area (Å²) in [6.45, 7) is 0.778. The summed E-state index contributed by atoms with van der Waals surface area (Å²) in [5.74, 6) is 0.708. The highest BCUT2D eigenvalue weighted by Crippen LogP contribution is 2.23. The highest BCUT2D eigenvalue weighted by atomic mass is 79.9. The van der Waals surface area contributed by atoms with Crippen molar-refractivity contribution in [3.05, 3.63) is 32.3 Å². The Morgan fingerprint density at radius 3 is 3.05 bits per heavy atom. The van der Waals surface area contributed by atoms with E-state index in [-0.39, 0.29) is 5.28 Å². The average Bonchev–Trinajstić information content (AvgIpc) is 2.98. The fourth-order valence-corrected chi connectivity index (χ4v) is 3.38. The van der Waals surface area contributed by atoms with Crippen molar-refractivity contribution in [1.29, 1.82) is 0 Å². The van der Waals surface area contributed by atoms with Crippen LogP contribution in [0.15, 0.2) is 22.1 Å². The second-order valence-electron chi connectivity index (χ2n) is 3.86. The van der Waals surface area contributed by atoms with Gasteiger partial charge in [0.05, 0.1) is 15.4 Å².